The molecule has 0 aliphatic rings. The van der Waals surface area contributed by atoms with Crippen molar-refractivity contribution in [3.63, 3.8) is 0 Å². The summed E-state index contributed by atoms with van der Waals surface area (Å²) in [5.74, 6) is -0.940. The lowest BCUT2D eigenvalue weighted by atomic mass is 10.0. The van der Waals surface area contributed by atoms with E-state index < -0.39 is 6.10 Å². The minimum atomic E-state index is -0.794. The molecular formula is C61H110O6. The highest BCUT2D eigenvalue weighted by Gasteiger charge is 2.19. The molecular weight excluding hydrogens is 829 g/mol. The molecule has 0 aromatic carbocycles. The van der Waals surface area contributed by atoms with E-state index in [1.807, 2.05) is 0 Å². The van der Waals surface area contributed by atoms with E-state index in [4.69, 9.17) is 14.2 Å². The molecule has 0 N–H and O–H groups in total. The van der Waals surface area contributed by atoms with Gasteiger partial charge in [-0.15, -0.1) is 0 Å². The predicted octanol–water partition coefficient (Wildman–Crippen LogP) is 19.4. The Morgan fingerprint density at radius 2 is 0.567 bits per heavy atom. The molecule has 0 aromatic rings. The van der Waals surface area contributed by atoms with Crippen molar-refractivity contribution < 1.29 is 28.6 Å². The number of allylic oxidation sites excluding steroid dienone is 8. The number of hydrogen-bond acceptors (Lipinski definition) is 6. The number of ether oxygens (including phenoxy) is 3. The van der Waals surface area contributed by atoms with Crippen LogP contribution in [0.15, 0.2) is 48.6 Å². The van der Waals surface area contributed by atoms with Crippen molar-refractivity contribution in [2.24, 2.45) is 0 Å². The lowest BCUT2D eigenvalue weighted by Crippen LogP contribution is -2.30. The third-order valence-electron chi connectivity index (χ3n) is 12.8. The van der Waals surface area contributed by atoms with E-state index in [9.17, 15) is 14.4 Å². The molecule has 0 unspecified atom stereocenters. The first-order valence-corrected chi connectivity index (χ1v) is 29.1. The Hall–Kier alpha value is -2.63. The largest absolute Gasteiger partial charge is 0.462 e. The molecule has 0 bridgehead atoms. The Balaban J connectivity index is 4.35. The first kappa shape index (κ1) is 64.4. The van der Waals surface area contributed by atoms with Crippen molar-refractivity contribution in [1.82, 2.24) is 0 Å². The van der Waals surface area contributed by atoms with Gasteiger partial charge in [-0.3, -0.25) is 14.4 Å². The van der Waals surface area contributed by atoms with Crippen molar-refractivity contribution in [3.8, 4) is 0 Å². The third-order valence-corrected chi connectivity index (χ3v) is 12.8. The fraction of sp³-hybridized carbons (Fsp3) is 0.820. The average molecular weight is 940 g/mol. The second kappa shape index (κ2) is 56.0. The summed E-state index contributed by atoms with van der Waals surface area (Å²) < 4.78 is 16.8. The molecule has 0 saturated carbocycles. The highest BCUT2D eigenvalue weighted by molar-refractivity contribution is 5.71. The van der Waals surface area contributed by atoms with Crippen LogP contribution in [0, 0.1) is 0 Å². The fourth-order valence-corrected chi connectivity index (χ4v) is 8.38. The van der Waals surface area contributed by atoms with Gasteiger partial charge in [0.1, 0.15) is 13.2 Å². The number of hydrogen-bond donors (Lipinski definition) is 0. The van der Waals surface area contributed by atoms with Crippen molar-refractivity contribution in [3.05, 3.63) is 48.6 Å². The van der Waals surface area contributed by atoms with Crippen molar-refractivity contribution in [1.29, 1.82) is 0 Å². The zero-order valence-electron chi connectivity index (χ0n) is 44.7. The molecule has 0 aromatic heterocycles. The van der Waals surface area contributed by atoms with Gasteiger partial charge in [-0.25, -0.2) is 0 Å². The zero-order valence-corrected chi connectivity index (χ0v) is 44.7. The van der Waals surface area contributed by atoms with Crippen LogP contribution in [0.4, 0.5) is 0 Å². The van der Waals surface area contributed by atoms with E-state index in [1.54, 1.807) is 0 Å². The van der Waals surface area contributed by atoms with Crippen LogP contribution in [-0.2, 0) is 28.6 Å². The first-order valence-electron chi connectivity index (χ1n) is 29.1. The molecule has 6 nitrogen and oxygen atoms in total. The molecule has 1 atom stereocenters. The molecule has 0 saturated heterocycles. The van der Waals surface area contributed by atoms with Crippen molar-refractivity contribution >= 4 is 17.9 Å². The fourth-order valence-electron chi connectivity index (χ4n) is 8.38. The van der Waals surface area contributed by atoms with Crippen LogP contribution in [0.3, 0.4) is 0 Å². The zero-order chi connectivity index (χ0) is 48.6. The SMILES string of the molecule is CCCC/C=C\CCCCCCCC(=O)OC[C@@H](COC(=O)CCC/C=C\C/C=C\C/C=C\CCCCCCCC)OC(=O)CCCCCCCCCCCCCCCCCCCCCCC. The van der Waals surface area contributed by atoms with Crippen LogP contribution in [0.5, 0.6) is 0 Å². The van der Waals surface area contributed by atoms with E-state index in [2.05, 4.69) is 69.4 Å². The van der Waals surface area contributed by atoms with Gasteiger partial charge < -0.3 is 14.2 Å². The number of rotatable bonds is 53. The van der Waals surface area contributed by atoms with Gasteiger partial charge in [0.15, 0.2) is 6.10 Å². The average Bonchev–Trinajstić information content (AvgIpc) is 3.33. The van der Waals surface area contributed by atoms with Gasteiger partial charge >= 0.3 is 17.9 Å². The summed E-state index contributed by atoms with van der Waals surface area (Å²) in [5, 5.41) is 0. The third kappa shape index (κ3) is 54.2. The van der Waals surface area contributed by atoms with E-state index in [0.29, 0.717) is 25.7 Å². The van der Waals surface area contributed by atoms with Gasteiger partial charge in [-0.05, 0) is 70.6 Å². The van der Waals surface area contributed by atoms with E-state index in [0.717, 1.165) is 64.2 Å². The highest BCUT2D eigenvalue weighted by atomic mass is 16.6. The second-order valence-electron chi connectivity index (χ2n) is 19.6. The molecule has 6 heteroatoms. The van der Waals surface area contributed by atoms with Gasteiger partial charge in [0.25, 0.3) is 0 Å². The van der Waals surface area contributed by atoms with Gasteiger partial charge in [-0.1, -0.05) is 262 Å². The van der Waals surface area contributed by atoms with Gasteiger partial charge in [-0.2, -0.15) is 0 Å². The maximum absolute atomic E-state index is 12.9. The lowest BCUT2D eigenvalue weighted by Gasteiger charge is -2.18. The Labute approximate surface area is 416 Å². The molecule has 0 radical (unpaired) electrons. The molecule has 0 aliphatic heterocycles. The molecule has 0 aliphatic carbocycles. The molecule has 0 amide bonds. The summed E-state index contributed by atoms with van der Waals surface area (Å²) >= 11 is 0. The summed E-state index contributed by atoms with van der Waals surface area (Å²) in [6, 6.07) is 0. The number of carbonyl (C=O) groups is 3. The molecule has 0 fully saturated rings. The Morgan fingerprint density at radius 3 is 0.955 bits per heavy atom. The summed E-state index contributed by atoms with van der Waals surface area (Å²) in [7, 11) is 0. The minimum absolute atomic E-state index is 0.0906. The van der Waals surface area contributed by atoms with Crippen LogP contribution >= 0.6 is 0 Å². The van der Waals surface area contributed by atoms with E-state index in [1.165, 1.54) is 193 Å². The smallest absolute Gasteiger partial charge is 0.306 e. The quantitative estimate of drug-likeness (QED) is 0.0262. The topological polar surface area (TPSA) is 78.9 Å². The lowest BCUT2D eigenvalue weighted by molar-refractivity contribution is -0.167. The minimum Gasteiger partial charge on any atom is -0.462 e. The van der Waals surface area contributed by atoms with Crippen molar-refractivity contribution in [2.75, 3.05) is 13.2 Å². The highest BCUT2D eigenvalue weighted by Crippen LogP contribution is 2.17. The molecule has 0 heterocycles. The summed E-state index contributed by atoms with van der Waals surface area (Å²) in [6.07, 6.45) is 68.3. The second-order valence-corrected chi connectivity index (χ2v) is 19.6. The van der Waals surface area contributed by atoms with Gasteiger partial charge in [0.2, 0.25) is 0 Å². The van der Waals surface area contributed by atoms with Crippen molar-refractivity contribution in [2.45, 2.75) is 309 Å². The maximum Gasteiger partial charge on any atom is 0.306 e. The van der Waals surface area contributed by atoms with E-state index >= 15 is 0 Å². The normalized spacial score (nSPS) is 12.3. The maximum atomic E-state index is 12.9. The first-order chi connectivity index (χ1) is 33.0. The molecule has 390 valence electrons. The standard InChI is InChI=1S/C61H110O6/c1-4-7-10-13-16-19-22-24-26-28-29-30-31-33-35-37-40-43-46-49-52-55-61(64)67-58(56-65-59(62)53-50-47-44-41-38-21-18-15-12-9-6-3)57-66-60(63)54-51-48-45-42-39-36-34-32-27-25-23-20-17-14-11-8-5-2/h15,18,25,27,34,36,42,45,58H,4-14,16-17,19-24,26,28-33,35,37-41,43-44,46-57H2,1-3H3/b18-15-,27-25-,36-34-,45-42-/t58-/m0/s1. The van der Waals surface area contributed by atoms with Gasteiger partial charge in [0, 0.05) is 19.3 Å². The molecule has 0 rings (SSSR count). The molecule has 0 spiro atoms. The van der Waals surface area contributed by atoms with Gasteiger partial charge in [0.05, 0.1) is 0 Å². The summed E-state index contributed by atoms with van der Waals surface area (Å²) in [6.45, 7) is 6.58. The predicted molar refractivity (Wildman–Crippen MR) is 289 cm³/mol. The van der Waals surface area contributed by atoms with Crippen LogP contribution < -0.4 is 0 Å². The summed E-state index contributed by atoms with van der Waals surface area (Å²) in [5.41, 5.74) is 0. The van der Waals surface area contributed by atoms with Crippen LogP contribution in [0.25, 0.3) is 0 Å². The van der Waals surface area contributed by atoms with Crippen LogP contribution in [-0.4, -0.2) is 37.2 Å². The Kier molecular flexibility index (Phi) is 53.8. The number of unbranched alkanes of at least 4 members (excludes halogenated alkanes) is 34. The van der Waals surface area contributed by atoms with E-state index in [-0.39, 0.29) is 31.1 Å². The van der Waals surface area contributed by atoms with Crippen LogP contribution in [0.2, 0.25) is 0 Å². The summed E-state index contributed by atoms with van der Waals surface area (Å²) in [4.78, 5) is 38.1. The Morgan fingerprint density at radius 1 is 0.299 bits per heavy atom. The Bertz CT molecular complexity index is 1170. The van der Waals surface area contributed by atoms with Crippen LogP contribution in [0.1, 0.15) is 303 Å². The number of carbonyl (C=O) groups excluding carboxylic acids is 3. The molecule has 67 heavy (non-hydrogen) atoms. The monoisotopic (exact) mass is 939 g/mol. The number of esters is 3.